The summed E-state index contributed by atoms with van der Waals surface area (Å²) in [5.41, 5.74) is 4.86. The van der Waals surface area contributed by atoms with Crippen LogP contribution in [0.25, 0.3) is 0 Å². The van der Waals surface area contributed by atoms with Gasteiger partial charge in [-0.15, -0.1) is 10.2 Å². The fourth-order valence-corrected chi connectivity index (χ4v) is 2.64. The van der Waals surface area contributed by atoms with E-state index in [1.165, 1.54) is 16.7 Å². The van der Waals surface area contributed by atoms with Crippen LogP contribution in [0.5, 0.6) is 0 Å². The topological polar surface area (TPSA) is 51.0 Å². The molecule has 0 bridgehead atoms. The average Bonchev–Trinajstić information content (AvgIpc) is 3.02. The van der Waals surface area contributed by atoms with Crippen molar-refractivity contribution in [2.24, 2.45) is 0 Å². The molecule has 3 rings (SSSR count). The summed E-state index contributed by atoms with van der Waals surface area (Å²) >= 11 is 0. The molecule has 0 unspecified atom stereocenters. The van der Waals surface area contributed by atoms with E-state index >= 15 is 0 Å². The van der Waals surface area contributed by atoms with Gasteiger partial charge in [-0.05, 0) is 30.0 Å². The van der Waals surface area contributed by atoms with Gasteiger partial charge in [-0.3, -0.25) is 0 Å². The quantitative estimate of drug-likeness (QED) is 0.743. The molecule has 0 fully saturated rings. The zero-order chi connectivity index (χ0) is 16.1. The molecule has 0 aliphatic carbocycles. The minimum atomic E-state index is 0.541. The standard InChI is InChI=1S/C19H21N3O/c1-3-16-11-7-8-14(2)19(16)20-13-18-22-21-17(23-18)12-15-9-5-4-6-10-15/h4-11,20H,3,12-13H2,1-2H3. The molecule has 1 aromatic heterocycles. The van der Waals surface area contributed by atoms with Gasteiger partial charge in [0.05, 0.1) is 13.0 Å². The lowest BCUT2D eigenvalue weighted by molar-refractivity contribution is 0.464. The lowest BCUT2D eigenvalue weighted by atomic mass is 10.1. The van der Waals surface area contributed by atoms with Crippen LogP contribution >= 0.6 is 0 Å². The first-order valence-corrected chi connectivity index (χ1v) is 7.94. The van der Waals surface area contributed by atoms with Crippen LogP contribution in [0.4, 0.5) is 5.69 Å². The normalized spacial score (nSPS) is 10.7. The number of nitrogens with zero attached hydrogens (tertiary/aromatic N) is 2. The van der Waals surface area contributed by atoms with Crippen LogP contribution in [-0.4, -0.2) is 10.2 Å². The highest BCUT2D eigenvalue weighted by atomic mass is 16.4. The third-order valence-electron chi connectivity index (χ3n) is 3.86. The molecule has 4 heteroatoms. The molecule has 3 aromatic rings. The minimum Gasteiger partial charge on any atom is -0.423 e. The summed E-state index contributed by atoms with van der Waals surface area (Å²) in [6.45, 7) is 4.81. The fraction of sp³-hybridized carbons (Fsp3) is 0.263. The second-order valence-corrected chi connectivity index (χ2v) is 5.57. The van der Waals surface area contributed by atoms with E-state index in [9.17, 15) is 0 Å². The van der Waals surface area contributed by atoms with E-state index in [2.05, 4.69) is 59.7 Å². The van der Waals surface area contributed by atoms with Crippen molar-refractivity contribution in [1.82, 2.24) is 10.2 Å². The van der Waals surface area contributed by atoms with Gasteiger partial charge in [-0.2, -0.15) is 0 Å². The van der Waals surface area contributed by atoms with E-state index in [0.717, 1.165) is 12.1 Å². The van der Waals surface area contributed by atoms with Crippen LogP contribution in [0.2, 0.25) is 0 Å². The smallest absolute Gasteiger partial charge is 0.235 e. The maximum absolute atomic E-state index is 5.74. The Labute approximate surface area is 136 Å². The Morgan fingerprint density at radius 3 is 2.52 bits per heavy atom. The van der Waals surface area contributed by atoms with Crippen LogP contribution in [0.3, 0.4) is 0 Å². The average molecular weight is 307 g/mol. The number of para-hydroxylation sites is 1. The van der Waals surface area contributed by atoms with Gasteiger partial charge in [0, 0.05) is 5.69 Å². The van der Waals surface area contributed by atoms with Gasteiger partial charge in [0.2, 0.25) is 11.8 Å². The van der Waals surface area contributed by atoms with Crippen molar-refractivity contribution in [3.63, 3.8) is 0 Å². The summed E-state index contributed by atoms with van der Waals surface area (Å²) in [7, 11) is 0. The first-order chi connectivity index (χ1) is 11.3. The molecule has 0 aliphatic rings. The van der Waals surface area contributed by atoms with E-state index in [-0.39, 0.29) is 0 Å². The number of anilines is 1. The lowest BCUT2D eigenvalue weighted by Gasteiger charge is -2.12. The zero-order valence-electron chi connectivity index (χ0n) is 13.5. The first kappa shape index (κ1) is 15.3. The molecule has 23 heavy (non-hydrogen) atoms. The monoisotopic (exact) mass is 307 g/mol. The van der Waals surface area contributed by atoms with Gasteiger partial charge in [0.1, 0.15) is 0 Å². The van der Waals surface area contributed by atoms with E-state index in [1.54, 1.807) is 0 Å². The molecular weight excluding hydrogens is 286 g/mol. The summed E-state index contributed by atoms with van der Waals surface area (Å²) in [6, 6.07) is 16.5. The first-order valence-electron chi connectivity index (χ1n) is 7.94. The van der Waals surface area contributed by atoms with Crippen LogP contribution < -0.4 is 5.32 Å². The number of nitrogens with one attached hydrogen (secondary N) is 1. The lowest BCUT2D eigenvalue weighted by Crippen LogP contribution is -2.04. The summed E-state index contributed by atoms with van der Waals surface area (Å²) in [6.07, 6.45) is 1.66. The van der Waals surface area contributed by atoms with Gasteiger partial charge >= 0.3 is 0 Å². The van der Waals surface area contributed by atoms with Crippen LogP contribution in [0.15, 0.2) is 52.9 Å². The SMILES string of the molecule is CCc1cccc(C)c1NCc1nnc(Cc2ccccc2)o1. The number of benzene rings is 2. The van der Waals surface area contributed by atoms with E-state index in [1.807, 2.05) is 18.2 Å². The number of rotatable bonds is 6. The number of aromatic nitrogens is 2. The Bertz CT molecular complexity index is 765. The van der Waals surface area contributed by atoms with Crippen molar-refractivity contribution in [2.75, 3.05) is 5.32 Å². The van der Waals surface area contributed by atoms with Gasteiger partial charge in [-0.1, -0.05) is 55.5 Å². The van der Waals surface area contributed by atoms with Crippen molar-refractivity contribution in [3.05, 3.63) is 77.0 Å². The van der Waals surface area contributed by atoms with E-state index < -0.39 is 0 Å². The summed E-state index contributed by atoms with van der Waals surface area (Å²) in [5.74, 6) is 1.26. The van der Waals surface area contributed by atoms with Crippen molar-refractivity contribution in [3.8, 4) is 0 Å². The highest BCUT2D eigenvalue weighted by Gasteiger charge is 2.09. The predicted molar refractivity (Wildman–Crippen MR) is 91.4 cm³/mol. The molecule has 1 N–H and O–H groups in total. The van der Waals surface area contributed by atoms with E-state index in [4.69, 9.17) is 4.42 Å². The molecule has 0 saturated carbocycles. The molecule has 0 radical (unpaired) electrons. The van der Waals surface area contributed by atoms with Gasteiger partial charge in [0.25, 0.3) is 0 Å². The predicted octanol–water partition coefficient (Wildman–Crippen LogP) is 4.14. The fourth-order valence-electron chi connectivity index (χ4n) is 2.64. The molecular formula is C19H21N3O. The number of aryl methyl sites for hydroxylation is 2. The Balaban J connectivity index is 1.66. The Morgan fingerprint density at radius 1 is 0.957 bits per heavy atom. The highest BCUT2D eigenvalue weighted by molar-refractivity contribution is 5.57. The third kappa shape index (κ3) is 3.77. The molecule has 118 valence electrons. The van der Waals surface area contributed by atoms with Crippen LogP contribution in [0, 0.1) is 6.92 Å². The van der Waals surface area contributed by atoms with Crippen molar-refractivity contribution in [2.45, 2.75) is 33.2 Å². The minimum absolute atomic E-state index is 0.541. The van der Waals surface area contributed by atoms with Gasteiger partial charge in [-0.25, -0.2) is 0 Å². The number of hydrogen-bond acceptors (Lipinski definition) is 4. The summed E-state index contributed by atoms with van der Waals surface area (Å²) in [4.78, 5) is 0. The molecule has 0 aliphatic heterocycles. The van der Waals surface area contributed by atoms with Gasteiger partial charge < -0.3 is 9.73 Å². The largest absolute Gasteiger partial charge is 0.423 e. The molecule has 1 heterocycles. The van der Waals surface area contributed by atoms with Crippen molar-refractivity contribution < 1.29 is 4.42 Å². The molecule has 0 saturated heterocycles. The molecule has 0 amide bonds. The second kappa shape index (κ2) is 7.09. The molecule has 0 atom stereocenters. The van der Waals surface area contributed by atoms with Crippen LogP contribution in [-0.2, 0) is 19.4 Å². The zero-order valence-corrected chi connectivity index (χ0v) is 13.5. The second-order valence-electron chi connectivity index (χ2n) is 5.57. The van der Waals surface area contributed by atoms with Crippen molar-refractivity contribution >= 4 is 5.69 Å². The maximum Gasteiger partial charge on any atom is 0.235 e. The Kier molecular flexibility index (Phi) is 4.71. The molecule has 2 aromatic carbocycles. The van der Waals surface area contributed by atoms with Crippen LogP contribution in [0.1, 0.15) is 35.4 Å². The Morgan fingerprint density at radius 2 is 1.74 bits per heavy atom. The van der Waals surface area contributed by atoms with Crippen molar-refractivity contribution in [1.29, 1.82) is 0 Å². The highest BCUT2D eigenvalue weighted by Crippen LogP contribution is 2.21. The molecule has 0 spiro atoms. The Hall–Kier alpha value is -2.62. The third-order valence-corrected chi connectivity index (χ3v) is 3.86. The number of hydrogen-bond donors (Lipinski definition) is 1. The summed E-state index contributed by atoms with van der Waals surface area (Å²) < 4.78 is 5.74. The summed E-state index contributed by atoms with van der Waals surface area (Å²) in [5, 5.41) is 11.7. The molecule has 4 nitrogen and oxygen atoms in total. The maximum atomic E-state index is 5.74. The van der Waals surface area contributed by atoms with Gasteiger partial charge in [0.15, 0.2) is 0 Å². The van der Waals surface area contributed by atoms with E-state index in [0.29, 0.717) is 24.7 Å².